The molecular weight excluding hydrogens is 368 g/mol. The van der Waals surface area contributed by atoms with Gasteiger partial charge < -0.3 is 5.11 Å². The lowest BCUT2D eigenvalue weighted by molar-refractivity contribution is -0.152. The number of fused-ring (bicyclic) bond motifs is 5. The first kappa shape index (κ1) is 22.7. The van der Waals surface area contributed by atoms with Crippen molar-refractivity contribution in [2.24, 2.45) is 58.2 Å². The fraction of sp³-hybridized carbons (Fsp3) is 0.964. The molecule has 0 heterocycles. The third kappa shape index (κ3) is 3.77. The summed E-state index contributed by atoms with van der Waals surface area (Å²) in [6.45, 7) is 12.5. The number of carboxylic acids is 1. The summed E-state index contributed by atoms with van der Waals surface area (Å²) in [5, 5.41) is 9.57. The Kier molecular flexibility index (Phi) is 6.37. The van der Waals surface area contributed by atoms with Crippen molar-refractivity contribution in [2.75, 3.05) is 0 Å². The van der Waals surface area contributed by atoms with Gasteiger partial charge in [0.15, 0.2) is 0 Å². The molecule has 0 aliphatic heterocycles. The van der Waals surface area contributed by atoms with E-state index >= 15 is 0 Å². The summed E-state index contributed by atoms with van der Waals surface area (Å²) in [5.74, 6) is 5.41. The van der Waals surface area contributed by atoms with Crippen LogP contribution in [0, 0.1) is 58.2 Å². The molecule has 1 N–H and O–H groups in total. The van der Waals surface area contributed by atoms with Crippen LogP contribution in [0.15, 0.2) is 0 Å². The van der Waals surface area contributed by atoms with Gasteiger partial charge in [-0.3, -0.25) is 4.79 Å². The fourth-order valence-corrected chi connectivity index (χ4v) is 9.51. The second kappa shape index (κ2) is 8.43. The van der Waals surface area contributed by atoms with Crippen molar-refractivity contribution >= 4 is 5.97 Å². The molecule has 0 aromatic heterocycles. The number of hydrogen-bond acceptors (Lipinski definition) is 1. The fourth-order valence-electron chi connectivity index (χ4n) is 9.51. The molecule has 0 radical (unpaired) electrons. The van der Waals surface area contributed by atoms with E-state index in [0.717, 1.165) is 54.8 Å². The molecule has 2 nitrogen and oxygen atoms in total. The Bertz CT molecular complexity index is 626. The lowest BCUT2D eigenvalue weighted by Gasteiger charge is -2.61. The largest absolute Gasteiger partial charge is 0.481 e. The molecule has 30 heavy (non-hydrogen) atoms. The first-order chi connectivity index (χ1) is 14.2. The van der Waals surface area contributed by atoms with Crippen molar-refractivity contribution in [1.29, 1.82) is 0 Å². The second-order valence-electron chi connectivity index (χ2n) is 13.0. The Morgan fingerprint density at radius 1 is 0.900 bits per heavy atom. The van der Waals surface area contributed by atoms with Gasteiger partial charge in [-0.2, -0.15) is 0 Å². The normalized spacial score (nSPS) is 46.7. The molecular formula is C28H48O2. The molecule has 4 rings (SSSR count). The highest BCUT2D eigenvalue weighted by Gasteiger charge is 2.60. The van der Waals surface area contributed by atoms with E-state index in [1.807, 2.05) is 0 Å². The Hall–Kier alpha value is -0.530. The van der Waals surface area contributed by atoms with E-state index < -0.39 is 5.97 Å². The van der Waals surface area contributed by atoms with Crippen LogP contribution in [0.2, 0.25) is 0 Å². The van der Waals surface area contributed by atoms with Gasteiger partial charge >= 0.3 is 5.97 Å². The van der Waals surface area contributed by atoms with Crippen LogP contribution in [0.4, 0.5) is 0 Å². The van der Waals surface area contributed by atoms with E-state index in [1.54, 1.807) is 0 Å². The van der Waals surface area contributed by atoms with E-state index in [2.05, 4.69) is 34.6 Å². The molecule has 0 bridgehead atoms. The summed E-state index contributed by atoms with van der Waals surface area (Å²) in [7, 11) is 0. The van der Waals surface area contributed by atoms with Gasteiger partial charge in [-0.25, -0.2) is 0 Å². The van der Waals surface area contributed by atoms with Crippen molar-refractivity contribution in [3.8, 4) is 0 Å². The molecule has 0 spiro atoms. The highest BCUT2D eigenvalue weighted by Crippen LogP contribution is 2.68. The number of hydrogen-bond donors (Lipinski definition) is 1. The van der Waals surface area contributed by atoms with Crippen molar-refractivity contribution in [2.45, 2.75) is 112 Å². The van der Waals surface area contributed by atoms with Crippen LogP contribution in [0.3, 0.4) is 0 Å². The van der Waals surface area contributed by atoms with Crippen LogP contribution >= 0.6 is 0 Å². The van der Waals surface area contributed by atoms with E-state index in [0.29, 0.717) is 16.7 Å². The van der Waals surface area contributed by atoms with E-state index in [9.17, 15) is 9.90 Å². The maximum atomic E-state index is 11.6. The molecule has 0 saturated heterocycles. The average Bonchev–Trinajstić information content (AvgIpc) is 3.04. The lowest BCUT2D eigenvalue weighted by Crippen LogP contribution is -2.54. The Balaban J connectivity index is 1.45. The average molecular weight is 417 g/mol. The number of rotatable bonds is 6. The van der Waals surface area contributed by atoms with Crippen molar-refractivity contribution < 1.29 is 9.90 Å². The molecule has 4 aliphatic carbocycles. The van der Waals surface area contributed by atoms with Crippen molar-refractivity contribution in [1.82, 2.24) is 0 Å². The molecule has 4 aliphatic rings. The predicted octanol–water partition coefficient (Wildman–Crippen LogP) is 7.81. The quantitative estimate of drug-likeness (QED) is 0.479. The molecule has 0 amide bonds. The monoisotopic (exact) mass is 416 g/mol. The Morgan fingerprint density at radius 3 is 2.30 bits per heavy atom. The third-order valence-corrected chi connectivity index (χ3v) is 11.2. The molecule has 0 aromatic carbocycles. The Morgan fingerprint density at radius 2 is 1.60 bits per heavy atom. The zero-order valence-electron chi connectivity index (χ0n) is 20.5. The van der Waals surface area contributed by atoms with Gasteiger partial charge in [0.1, 0.15) is 0 Å². The topological polar surface area (TPSA) is 37.3 Å². The van der Waals surface area contributed by atoms with Gasteiger partial charge in [0, 0.05) is 0 Å². The molecule has 9 atom stereocenters. The zero-order chi connectivity index (χ0) is 21.7. The van der Waals surface area contributed by atoms with Crippen LogP contribution in [0.1, 0.15) is 112 Å². The predicted molar refractivity (Wildman–Crippen MR) is 124 cm³/mol. The van der Waals surface area contributed by atoms with Gasteiger partial charge in [0.25, 0.3) is 0 Å². The van der Waals surface area contributed by atoms with Gasteiger partial charge in [0.2, 0.25) is 0 Å². The van der Waals surface area contributed by atoms with Crippen LogP contribution < -0.4 is 0 Å². The highest BCUT2D eigenvalue weighted by molar-refractivity contribution is 5.70. The SMILES string of the molecule is CC(C)CCC[C@@H](C)[C@H]1CCC2C3CC[C@H]4C[C@H](C(=O)O)CC[C@]4(C)C3CC[C@@]21C. The molecule has 4 fully saturated rings. The van der Waals surface area contributed by atoms with Crippen LogP contribution in [-0.2, 0) is 4.79 Å². The summed E-state index contributed by atoms with van der Waals surface area (Å²) in [6, 6.07) is 0. The molecule has 172 valence electrons. The summed E-state index contributed by atoms with van der Waals surface area (Å²) in [4.78, 5) is 11.6. The maximum Gasteiger partial charge on any atom is 0.306 e. The van der Waals surface area contributed by atoms with E-state index in [4.69, 9.17) is 0 Å². The zero-order valence-corrected chi connectivity index (χ0v) is 20.5. The summed E-state index contributed by atoms with van der Waals surface area (Å²) in [6.07, 6.45) is 15.7. The lowest BCUT2D eigenvalue weighted by atomic mass is 9.44. The second-order valence-corrected chi connectivity index (χ2v) is 13.0. The van der Waals surface area contributed by atoms with Gasteiger partial charge in [-0.1, -0.05) is 53.9 Å². The number of aliphatic carboxylic acids is 1. The molecule has 0 aromatic rings. The first-order valence-electron chi connectivity index (χ1n) is 13.4. The minimum Gasteiger partial charge on any atom is -0.481 e. The maximum absolute atomic E-state index is 11.6. The standard InChI is InChI=1S/C28H48O2/c1-18(2)7-6-8-19(3)23-11-12-24-22-10-9-21-17-20(26(29)30)13-15-27(21,4)25(22)14-16-28(23,24)5/h18-25H,6-17H2,1-5H3,(H,29,30)/t19-,20-,21+,22?,23-,24?,25?,27+,28-/m1/s1. The molecule has 2 heteroatoms. The van der Waals surface area contributed by atoms with E-state index in [-0.39, 0.29) is 5.92 Å². The van der Waals surface area contributed by atoms with Crippen LogP contribution in [0.25, 0.3) is 0 Å². The summed E-state index contributed by atoms with van der Waals surface area (Å²) in [5.41, 5.74) is 0.983. The molecule has 3 unspecified atom stereocenters. The Labute approximate surface area is 186 Å². The van der Waals surface area contributed by atoms with Crippen molar-refractivity contribution in [3.05, 3.63) is 0 Å². The van der Waals surface area contributed by atoms with Gasteiger partial charge in [-0.05, 0) is 110 Å². The van der Waals surface area contributed by atoms with Crippen LogP contribution in [0.5, 0.6) is 0 Å². The molecule has 4 saturated carbocycles. The van der Waals surface area contributed by atoms with Crippen LogP contribution in [-0.4, -0.2) is 11.1 Å². The third-order valence-electron chi connectivity index (χ3n) is 11.2. The number of carbonyl (C=O) groups is 1. The minimum absolute atomic E-state index is 0.0731. The first-order valence-corrected chi connectivity index (χ1v) is 13.4. The minimum atomic E-state index is -0.541. The van der Waals surface area contributed by atoms with Gasteiger partial charge in [0.05, 0.1) is 5.92 Å². The summed E-state index contributed by atoms with van der Waals surface area (Å²) >= 11 is 0. The summed E-state index contributed by atoms with van der Waals surface area (Å²) < 4.78 is 0. The van der Waals surface area contributed by atoms with E-state index in [1.165, 1.54) is 57.8 Å². The highest BCUT2D eigenvalue weighted by atomic mass is 16.4. The smallest absolute Gasteiger partial charge is 0.306 e. The number of carboxylic acid groups (broad SMARTS) is 1. The van der Waals surface area contributed by atoms with Crippen molar-refractivity contribution in [3.63, 3.8) is 0 Å². The van der Waals surface area contributed by atoms with Gasteiger partial charge in [-0.15, -0.1) is 0 Å².